The van der Waals surface area contributed by atoms with Crippen LogP contribution in [0.25, 0.3) is 0 Å². The number of nitrogens with one attached hydrogen (secondary N) is 2. The Kier molecular flexibility index (Phi) is 15.2. The maximum absolute atomic E-state index is 12.3. The van der Waals surface area contributed by atoms with E-state index in [2.05, 4.69) is 30.6 Å². The van der Waals surface area contributed by atoms with Crippen molar-refractivity contribution in [1.29, 1.82) is 0 Å². The monoisotopic (exact) mass is 719 g/mol. The molecule has 0 spiro atoms. The second-order valence-electron chi connectivity index (χ2n) is 12.1. The third-order valence-corrected chi connectivity index (χ3v) is 6.23. The van der Waals surface area contributed by atoms with E-state index >= 15 is 0 Å². The Morgan fingerprint density at radius 3 is 1.11 bits per heavy atom. The molecule has 0 saturated carbocycles. The summed E-state index contributed by atoms with van der Waals surface area (Å²) >= 11 is 12.3. The van der Waals surface area contributed by atoms with Crippen molar-refractivity contribution in [3.8, 4) is 0 Å². The summed E-state index contributed by atoms with van der Waals surface area (Å²) < 4.78 is 0. The van der Waals surface area contributed by atoms with Crippen LogP contribution in [0.1, 0.15) is 52.7 Å². The van der Waals surface area contributed by atoms with Crippen LogP contribution in [-0.4, -0.2) is 34.8 Å². The third kappa shape index (κ3) is 14.4. The Morgan fingerprint density at radius 1 is 0.511 bits per heavy atom. The summed E-state index contributed by atoms with van der Waals surface area (Å²) in [6.07, 6.45) is 0. The number of nitrogens with zero attached hydrogens (tertiary/aromatic N) is 4. The molecule has 47 heavy (non-hydrogen) atoms. The van der Waals surface area contributed by atoms with Gasteiger partial charge in [0.15, 0.2) is 0 Å². The van der Waals surface area contributed by atoms with Crippen LogP contribution in [0, 0.1) is 0 Å². The maximum Gasteiger partial charge on any atom is 2.00 e. The normalized spacial score (nSPS) is 12.8. The Morgan fingerprint density at radius 2 is 0.809 bits per heavy atom. The van der Waals surface area contributed by atoms with Crippen LogP contribution in [0.2, 0.25) is 10.0 Å². The second-order valence-corrected chi connectivity index (χ2v) is 12.9. The van der Waals surface area contributed by atoms with E-state index in [-0.39, 0.29) is 51.9 Å². The largest absolute Gasteiger partial charge is 2.00 e. The van der Waals surface area contributed by atoms with Crippen LogP contribution in [0.5, 0.6) is 0 Å². The van der Waals surface area contributed by atoms with Gasteiger partial charge in [-0.2, -0.15) is 0 Å². The van der Waals surface area contributed by atoms with Gasteiger partial charge in [-0.1, -0.05) is 108 Å². The van der Waals surface area contributed by atoms with Crippen molar-refractivity contribution in [3.05, 3.63) is 130 Å². The fourth-order valence-electron chi connectivity index (χ4n) is 3.63. The van der Waals surface area contributed by atoms with Crippen molar-refractivity contribution in [2.45, 2.75) is 52.6 Å². The van der Waals surface area contributed by atoms with Gasteiger partial charge in [0.1, 0.15) is 0 Å². The molecule has 8 nitrogen and oxygen atoms in total. The molecule has 0 atom stereocenters. The Labute approximate surface area is 297 Å². The van der Waals surface area contributed by atoms with Gasteiger partial charge in [0.25, 0.3) is 0 Å². The van der Waals surface area contributed by atoms with E-state index in [4.69, 9.17) is 23.2 Å². The number of aliphatic imine (C=N–C) groups is 4. The predicted octanol–water partition coefficient (Wildman–Crippen LogP) is 7.04. The molecule has 0 unspecified atom stereocenters. The Balaban J connectivity index is 0.000000320. The molecule has 249 valence electrons. The van der Waals surface area contributed by atoms with Crippen LogP contribution < -0.4 is 20.8 Å². The number of hydrogen-bond acceptors (Lipinski definition) is 4. The number of hydrogen-bond donors (Lipinski definition) is 2. The first-order valence-corrected chi connectivity index (χ1v) is 15.3. The van der Waals surface area contributed by atoms with E-state index in [1.54, 1.807) is 72.8 Å². The van der Waals surface area contributed by atoms with Gasteiger partial charge in [-0.15, -0.1) is 0 Å². The van der Waals surface area contributed by atoms with Crippen molar-refractivity contribution >= 4 is 58.3 Å². The first-order valence-electron chi connectivity index (χ1n) is 14.6. The standard InChI is InChI=1S/2C18H20ClN3O.Cu/c2*1-18(2,3)22-17(20-15-12-8-7-11-14(15)19)21-16(23)13-9-5-4-6-10-13;/h2*4-12H,1-3H3,(H2,20,21,22,23);/q;;+2/p-2. The molecule has 4 aromatic carbocycles. The average molecular weight is 721 g/mol. The van der Waals surface area contributed by atoms with Gasteiger partial charge < -0.3 is 20.8 Å². The SMILES string of the molecule is CC(C)(C)NC(=Nc1ccccc1Cl)/N=C(\[O-])c1ccccc1.CC(C)(C)NC(=Nc1ccccc1Cl)/N=C(\[O-])c1ccccc1.[Cu+2]. The van der Waals surface area contributed by atoms with Crippen LogP contribution >= 0.6 is 23.2 Å². The van der Waals surface area contributed by atoms with Gasteiger partial charge in [0.05, 0.1) is 21.4 Å². The summed E-state index contributed by atoms with van der Waals surface area (Å²) in [5.74, 6) is -0.236. The van der Waals surface area contributed by atoms with Crippen molar-refractivity contribution in [2.75, 3.05) is 0 Å². The molecule has 0 amide bonds. The molecular weight excluding hydrogens is 683 g/mol. The zero-order valence-corrected chi connectivity index (χ0v) is 29.5. The molecule has 0 saturated heterocycles. The zero-order valence-electron chi connectivity index (χ0n) is 27.1. The van der Waals surface area contributed by atoms with Gasteiger partial charge in [-0.05, 0) is 88.7 Å². The van der Waals surface area contributed by atoms with Crippen molar-refractivity contribution < 1.29 is 27.3 Å². The number of rotatable bonds is 4. The van der Waals surface area contributed by atoms with E-state index in [9.17, 15) is 10.2 Å². The fourth-order valence-corrected chi connectivity index (χ4v) is 3.98. The molecule has 2 N–H and O–H groups in total. The fraction of sp³-hybridized carbons (Fsp3) is 0.222. The molecule has 1 radical (unpaired) electrons. The van der Waals surface area contributed by atoms with E-state index in [0.717, 1.165) is 0 Å². The molecule has 0 heterocycles. The van der Waals surface area contributed by atoms with Crippen molar-refractivity contribution in [1.82, 2.24) is 10.6 Å². The average Bonchev–Trinajstić information content (AvgIpc) is 2.99. The predicted molar refractivity (Wildman–Crippen MR) is 189 cm³/mol. The van der Waals surface area contributed by atoms with Gasteiger partial charge in [-0.25, -0.2) is 20.0 Å². The topological polar surface area (TPSA) is 120 Å². The minimum atomic E-state index is -0.354. The first kappa shape index (κ1) is 39.0. The van der Waals surface area contributed by atoms with Gasteiger partial charge in [-0.3, -0.25) is 0 Å². The maximum atomic E-state index is 12.3. The molecule has 0 aromatic heterocycles. The molecule has 0 aliphatic heterocycles. The van der Waals surface area contributed by atoms with Crippen LogP contribution in [-0.2, 0) is 17.1 Å². The van der Waals surface area contributed by atoms with E-state index in [1.807, 2.05) is 77.9 Å². The summed E-state index contributed by atoms with van der Waals surface area (Å²) in [6, 6.07) is 32.1. The number of halogens is 2. The number of para-hydroxylation sites is 2. The Bertz CT molecular complexity index is 1570. The molecule has 0 aliphatic carbocycles. The molecule has 11 heteroatoms. The molecule has 0 aliphatic rings. The quantitative estimate of drug-likeness (QED) is 0.134. The number of guanidine groups is 2. The van der Waals surface area contributed by atoms with Crippen molar-refractivity contribution in [3.63, 3.8) is 0 Å². The van der Waals surface area contributed by atoms with Crippen LogP contribution in [0.4, 0.5) is 11.4 Å². The molecule has 0 bridgehead atoms. The summed E-state index contributed by atoms with van der Waals surface area (Å²) in [7, 11) is 0. The Hall–Kier alpha value is -4.14. The number of benzene rings is 4. The van der Waals surface area contributed by atoms with E-state index in [0.29, 0.717) is 32.5 Å². The molecule has 4 rings (SSSR count). The minimum Gasteiger partial charge on any atom is -0.858 e. The minimum absolute atomic E-state index is 0. The molecule has 0 fully saturated rings. The van der Waals surface area contributed by atoms with Crippen LogP contribution in [0.3, 0.4) is 0 Å². The van der Waals surface area contributed by atoms with Gasteiger partial charge >= 0.3 is 17.1 Å². The summed E-state index contributed by atoms with van der Waals surface area (Å²) in [5, 5.41) is 31.9. The summed E-state index contributed by atoms with van der Waals surface area (Å²) in [6.45, 7) is 11.8. The molecular formula is C36H38Cl2CuN6O2. The van der Waals surface area contributed by atoms with Crippen LogP contribution in [0.15, 0.2) is 129 Å². The van der Waals surface area contributed by atoms with Gasteiger partial charge in [0, 0.05) is 11.1 Å². The van der Waals surface area contributed by atoms with Gasteiger partial charge in [0.2, 0.25) is 11.9 Å². The second kappa shape index (κ2) is 18.3. The van der Waals surface area contributed by atoms with E-state index in [1.165, 1.54) is 0 Å². The summed E-state index contributed by atoms with van der Waals surface area (Å²) in [5.41, 5.74) is 1.56. The third-order valence-electron chi connectivity index (χ3n) is 5.59. The zero-order chi connectivity index (χ0) is 33.7. The van der Waals surface area contributed by atoms with E-state index < -0.39 is 0 Å². The smallest absolute Gasteiger partial charge is 0.858 e. The summed E-state index contributed by atoms with van der Waals surface area (Å²) in [4.78, 5) is 17.0. The first-order chi connectivity index (χ1) is 21.7. The van der Waals surface area contributed by atoms with Crippen molar-refractivity contribution in [2.24, 2.45) is 20.0 Å². The molecule has 4 aromatic rings.